The van der Waals surface area contributed by atoms with Crippen LogP contribution in [-0.2, 0) is 20.7 Å². The fourth-order valence-corrected chi connectivity index (χ4v) is 3.21. The third kappa shape index (κ3) is 2.81. The Morgan fingerprint density at radius 1 is 1.21 bits per heavy atom. The molecule has 4 rings (SSSR count). The van der Waals surface area contributed by atoms with E-state index in [4.69, 9.17) is 13.9 Å². The third-order valence-electron chi connectivity index (χ3n) is 4.41. The van der Waals surface area contributed by atoms with Crippen LogP contribution in [0.15, 0.2) is 28.7 Å². The van der Waals surface area contributed by atoms with E-state index in [1.807, 2.05) is 18.2 Å². The number of aromatic nitrogens is 2. The molecule has 2 atom stereocenters. The topological polar surface area (TPSA) is 77.7 Å². The fraction of sp³-hybridized carbons (Fsp3) is 0.471. The number of hydrogen-bond acceptors (Lipinski definition) is 6. The van der Waals surface area contributed by atoms with Crippen molar-refractivity contribution in [3.8, 4) is 0 Å². The van der Waals surface area contributed by atoms with Gasteiger partial charge in [-0.1, -0.05) is 24.3 Å². The summed E-state index contributed by atoms with van der Waals surface area (Å²) in [5.41, 5.74) is 2.14. The van der Waals surface area contributed by atoms with Crippen LogP contribution in [0.5, 0.6) is 0 Å². The fourth-order valence-electron chi connectivity index (χ4n) is 3.21. The zero-order chi connectivity index (χ0) is 16.5. The highest BCUT2D eigenvalue weighted by molar-refractivity contribution is 5.83. The Morgan fingerprint density at radius 3 is 2.92 bits per heavy atom. The molecule has 7 nitrogen and oxygen atoms in total. The van der Waals surface area contributed by atoms with Crippen LogP contribution >= 0.6 is 0 Å². The monoisotopic (exact) mass is 329 g/mol. The Labute approximate surface area is 139 Å². The first-order valence-corrected chi connectivity index (χ1v) is 8.12. The van der Waals surface area contributed by atoms with E-state index in [-0.39, 0.29) is 12.0 Å². The number of ether oxygens (including phenoxy) is 2. The Kier molecular flexibility index (Phi) is 4.03. The summed E-state index contributed by atoms with van der Waals surface area (Å²) in [7, 11) is 0. The van der Waals surface area contributed by atoms with Gasteiger partial charge in [0.15, 0.2) is 12.2 Å². The molecule has 0 unspecified atom stereocenters. The lowest BCUT2D eigenvalue weighted by atomic mass is 9.96. The van der Waals surface area contributed by atoms with Gasteiger partial charge in [-0.3, -0.25) is 4.79 Å². The molecule has 24 heavy (non-hydrogen) atoms. The van der Waals surface area contributed by atoms with Crippen molar-refractivity contribution in [1.29, 1.82) is 0 Å². The number of nitrogens with zero attached hydrogens (tertiary/aromatic N) is 3. The Hall–Kier alpha value is -2.25. The van der Waals surface area contributed by atoms with E-state index in [9.17, 15) is 4.79 Å². The van der Waals surface area contributed by atoms with Gasteiger partial charge in [-0.15, -0.1) is 10.2 Å². The quantitative estimate of drug-likeness (QED) is 0.833. The number of rotatable bonds is 2. The highest BCUT2D eigenvalue weighted by atomic mass is 16.5. The molecule has 1 aromatic carbocycles. The Balaban J connectivity index is 1.52. The lowest BCUT2D eigenvalue weighted by molar-refractivity contribution is -0.153. The van der Waals surface area contributed by atoms with Crippen LogP contribution in [0.25, 0.3) is 0 Å². The SMILES string of the molecule is Cc1nnc([C@@H]2CN(C(=O)[C@H]3OCCc4ccccc43)CCO2)o1. The molecule has 126 valence electrons. The van der Waals surface area contributed by atoms with E-state index in [1.54, 1.807) is 11.8 Å². The van der Waals surface area contributed by atoms with Gasteiger partial charge in [0.1, 0.15) is 0 Å². The van der Waals surface area contributed by atoms with Crippen molar-refractivity contribution in [2.45, 2.75) is 25.6 Å². The molecule has 3 heterocycles. The number of fused-ring (bicyclic) bond motifs is 1. The minimum atomic E-state index is -0.543. The molecule has 1 fully saturated rings. The number of carbonyl (C=O) groups is 1. The van der Waals surface area contributed by atoms with Crippen LogP contribution in [0.3, 0.4) is 0 Å². The summed E-state index contributed by atoms with van der Waals surface area (Å²) in [6.07, 6.45) is -0.0895. The summed E-state index contributed by atoms with van der Waals surface area (Å²) in [4.78, 5) is 14.7. The summed E-state index contributed by atoms with van der Waals surface area (Å²) < 4.78 is 16.9. The van der Waals surface area contributed by atoms with E-state index in [1.165, 1.54) is 5.56 Å². The predicted octanol–water partition coefficient (Wildman–Crippen LogP) is 1.59. The average Bonchev–Trinajstić information content (AvgIpc) is 3.07. The van der Waals surface area contributed by atoms with E-state index in [0.29, 0.717) is 38.1 Å². The molecule has 1 amide bonds. The molecular formula is C17H19N3O4. The number of hydrogen-bond donors (Lipinski definition) is 0. The molecule has 0 bridgehead atoms. The average molecular weight is 329 g/mol. The van der Waals surface area contributed by atoms with Gasteiger partial charge in [-0.05, 0) is 17.5 Å². The smallest absolute Gasteiger partial charge is 0.256 e. The van der Waals surface area contributed by atoms with Crippen molar-refractivity contribution in [3.05, 3.63) is 47.2 Å². The van der Waals surface area contributed by atoms with Crippen LogP contribution < -0.4 is 0 Å². The highest BCUT2D eigenvalue weighted by Crippen LogP contribution is 2.30. The lowest BCUT2D eigenvalue weighted by Gasteiger charge is -2.35. The van der Waals surface area contributed by atoms with Crippen molar-refractivity contribution in [2.24, 2.45) is 0 Å². The molecule has 0 N–H and O–H groups in total. The van der Waals surface area contributed by atoms with Gasteiger partial charge in [0.2, 0.25) is 11.8 Å². The molecule has 2 aliphatic heterocycles. The van der Waals surface area contributed by atoms with Gasteiger partial charge in [0.25, 0.3) is 5.91 Å². The predicted molar refractivity (Wildman–Crippen MR) is 83.1 cm³/mol. The van der Waals surface area contributed by atoms with Crippen LogP contribution in [0.2, 0.25) is 0 Å². The first-order valence-electron chi connectivity index (χ1n) is 8.12. The van der Waals surface area contributed by atoms with Gasteiger partial charge in [-0.25, -0.2) is 0 Å². The molecule has 7 heteroatoms. The standard InChI is InChI=1S/C17H19N3O4/c1-11-18-19-16(24-11)14-10-20(7-9-22-14)17(21)15-13-5-3-2-4-12(13)6-8-23-15/h2-5,14-15H,6-10H2,1H3/t14-,15-/m0/s1. The minimum absolute atomic E-state index is 0.0355. The number of carbonyl (C=O) groups excluding carboxylic acids is 1. The van der Waals surface area contributed by atoms with Gasteiger partial charge in [0, 0.05) is 13.5 Å². The summed E-state index contributed by atoms with van der Waals surface area (Å²) in [6.45, 7) is 3.65. The second-order valence-corrected chi connectivity index (χ2v) is 6.00. The van der Waals surface area contributed by atoms with Crippen LogP contribution in [0, 0.1) is 6.92 Å². The lowest BCUT2D eigenvalue weighted by Crippen LogP contribution is -2.45. The molecule has 2 aromatic rings. The maximum absolute atomic E-state index is 13.0. The van der Waals surface area contributed by atoms with E-state index in [2.05, 4.69) is 16.3 Å². The van der Waals surface area contributed by atoms with Gasteiger partial charge in [0.05, 0.1) is 19.8 Å². The first-order chi connectivity index (χ1) is 11.7. The first kappa shape index (κ1) is 15.3. The number of amides is 1. The summed E-state index contributed by atoms with van der Waals surface area (Å²) in [5.74, 6) is 0.864. The maximum Gasteiger partial charge on any atom is 0.256 e. The maximum atomic E-state index is 13.0. The molecule has 1 saturated heterocycles. The largest absolute Gasteiger partial charge is 0.423 e. The summed E-state index contributed by atoms with van der Waals surface area (Å²) in [6, 6.07) is 7.96. The molecule has 0 aliphatic carbocycles. The van der Waals surface area contributed by atoms with E-state index < -0.39 is 6.10 Å². The van der Waals surface area contributed by atoms with Crippen molar-refractivity contribution in [1.82, 2.24) is 15.1 Å². The molecule has 0 saturated carbocycles. The normalized spacial score (nSPS) is 23.8. The third-order valence-corrected chi connectivity index (χ3v) is 4.41. The minimum Gasteiger partial charge on any atom is -0.423 e. The van der Waals surface area contributed by atoms with Crippen LogP contribution in [-0.4, -0.2) is 47.3 Å². The van der Waals surface area contributed by atoms with Gasteiger partial charge in [-0.2, -0.15) is 0 Å². The van der Waals surface area contributed by atoms with Crippen molar-refractivity contribution < 1.29 is 18.7 Å². The van der Waals surface area contributed by atoms with Crippen molar-refractivity contribution >= 4 is 5.91 Å². The van der Waals surface area contributed by atoms with E-state index >= 15 is 0 Å². The molecule has 0 radical (unpaired) electrons. The van der Waals surface area contributed by atoms with E-state index in [0.717, 1.165) is 12.0 Å². The Morgan fingerprint density at radius 2 is 2.08 bits per heavy atom. The van der Waals surface area contributed by atoms with Crippen LogP contribution in [0.4, 0.5) is 0 Å². The van der Waals surface area contributed by atoms with Crippen molar-refractivity contribution in [2.75, 3.05) is 26.3 Å². The highest BCUT2D eigenvalue weighted by Gasteiger charge is 2.35. The zero-order valence-corrected chi connectivity index (χ0v) is 13.5. The molecule has 1 aromatic heterocycles. The number of morpholine rings is 1. The Bertz CT molecular complexity index is 745. The van der Waals surface area contributed by atoms with Gasteiger partial charge >= 0.3 is 0 Å². The zero-order valence-electron chi connectivity index (χ0n) is 13.5. The number of aryl methyl sites for hydroxylation is 1. The van der Waals surface area contributed by atoms with Crippen molar-refractivity contribution in [3.63, 3.8) is 0 Å². The van der Waals surface area contributed by atoms with Gasteiger partial charge < -0.3 is 18.8 Å². The molecule has 2 aliphatic rings. The number of benzene rings is 1. The summed E-state index contributed by atoms with van der Waals surface area (Å²) in [5, 5.41) is 7.83. The second kappa shape index (κ2) is 6.33. The summed E-state index contributed by atoms with van der Waals surface area (Å²) >= 11 is 0. The second-order valence-electron chi connectivity index (χ2n) is 6.00. The van der Waals surface area contributed by atoms with Crippen LogP contribution in [0.1, 0.15) is 35.1 Å². The molecule has 0 spiro atoms. The molecular weight excluding hydrogens is 310 g/mol.